The zero-order chi connectivity index (χ0) is 13.8. The molecule has 0 aliphatic rings. The number of methoxy groups -OCH3 is 1. The van der Waals surface area contributed by atoms with Crippen LogP contribution in [0.2, 0.25) is 0 Å². The van der Waals surface area contributed by atoms with Gasteiger partial charge in [-0.3, -0.25) is 11.3 Å². The monoisotopic (exact) mass is 340 g/mol. The van der Waals surface area contributed by atoms with Crippen LogP contribution in [0.3, 0.4) is 0 Å². The molecule has 0 amide bonds. The minimum atomic E-state index is 0.131. The largest absolute Gasteiger partial charge is 0.496 e. The lowest BCUT2D eigenvalue weighted by Gasteiger charge is -2.16. The molecule has 1 aromatic heterocycles. The van der Waals surface area contributed by atoms with Crippen molar-refractivity contribution in [2.75, 3.05) is 7.11 Å². The van der Waals surface area contributed by atoms with Gasteiger partial charge in [-0.05, 0) is 68.9 Å². The summed E-state index contributed by atoms with van der Waals surface area (Å²) in [6.45, 7) is 2.11. The van der Waals surface area contributed by atoms with E-state index in [4.69, 9.17) is 10.6 Å². The molecule has 0 aliphatic heterocycles. The van der Waals surface area contributed by atoms with E-state index in [9.17, 15) is 0 Å². The van der Waals surface area contributed by atoms with Gasteiger partial charge in [-0.25, -0.2) is 0 Å². The van der Waals surface area contributed by atoms with Crippen molar-refractivity contribution in [2.24, 2.45) is 5.84 Å². The van der Waals surface area contributed by atoms with Gasteiger partial charge in [-0.1, -0.05) is 6.07 Å². The lowest BCUT2D eigenvalue weighted by Crippen LogP contribution is -2.29. The first-order valence-electron chi connectivity index (χ1n) is 5.97. The van der Waals surface area contributed by atoms with Crippen LogP contribution in [0.4, 0.5) is 0 Å². The topological polar surface area (TPSA) is 47.3 Å². The first-order valence-corrected chi connectivity index (χ1v) is 7.70. The predicted octanol–water partition coefficient (Wildman–Crippen LogP) is 3.57. The molecule has 1 aromatic carbocycles. The van der Waals surface area contributed by atoms with Gasteiger partial charge in [-0.15, -0.1) is 0 Å². The Morgan fingerprint density at radius 2 is 2.21 bits per heavy atom. The number of thiophene rings is 1. The summed E-state index contributed by atoms with van der Waals surface area (Å²) in [5, 5.41) is 4.29. The Labute approximate surface area is 125 Å². The van der Waals surface area contributed by atoms with Gasteiger partial charge in [0.15, 0.2) is 0 Å². The summed E-state index contributed by atoms with van der Waals surface area (Å²) in [7, 11) is 1.67. The van der Waals surface area contributed by atoms with E-state index in [0.717, 1.165) is 16.6 Å². The zero-order valence-electron chi connectivity index (χ0n) is 10.9. The molecule has 19 heavy (non-hydrogen) atoms. The highest BCUT2D eigenvalue weighted by atomic mass is 79.9. The van der Waals surface area contributed by atoms with Crippen molar-refractivity contribution in [1.82, 2.24) is 5.43 Å². The summed E-state index contributed by atoms with van der Waals surface area (Å²) in [5.74, 6) is 6.53. The Balaban J connectivity index is 2.19. The van der Waals surface area contributed by atoms with Gasteiger partial charge in [0.25, 0.3) is 0 Å². The van der Waals surface area contributed by atoms with Crippen molar-refractivity contribution in [3.8, 4) is 5.75 Å². The molecule has 3 nitrogen and oxygen atoms in total. The van der Waals surface area contributed by atoms with Crippen LogP contribution in [-0.4, -0.2) is 7.11 Å². The highest BCUT2D eigenvalue weighted by Crippen LogP contribution is 2.29. The minimum absolute atomic E-state index is 0.131. The van der Waals surface area contributed by atoms with Crippen molar-refractivity contribution in [2.45, 2.75) is 19.4 Å². The highest BCUT2D eigenvalue weighted by molar-refractivity contribution is 9.10. The molecule has 0 aliphatic carbocycles. The first kappa shape index (κ1) is 14.5. The van der Waals surface area contributed by atoms with Gasteiger partial charge in [0, 0.05) is 0 Å². The molecule has 102 valence electrons. The van der Waals surface area contributed by atoms with E-state index in [0.29, 0.717) is 0 Å². The number of benzene rings is 1. The van der Waals surface area contributed by atoms with E-state index >= 15 is 0 Å². The third-order valence-electron chi connectivity index (χ3n) is 3.13. The molecule has 0 bridgehead atoms. The normalized spacial score (nSPS) is 12.4. The Morgan fingerprint density at radius 3 is 2.74 bits per heavy atom. The Hall–Kier alpha value is -0.880. The lowest BCUT2D eigenvalue weighted by molar-refractivity contribution is 0.412. The number of hydrogen-bond acceptors (Lipinski definition) is 4. The molecule has 0 fully saturated rings. The molecule has 1 atom stereocenters. The van der Waals surface area contributed by atoms with Gasteiger partial charge in [-0.2, -0.15) is 11.3 Å². The maximum atomic E-state index is 5.69. The highest BCUT2D eigenvalue weighted by Gasteiger charge is 2.14. The summed E-state index contributed by atoms with van der Waals surface area (Å²) in [6.07, 6.45) is 0.844. The fourth-order valence-electron chi connectivity index (χ4n) is 2.06. The number of hydrogen-bond donors (Lipinski definition) is 2. The van der Waals surface area contributed by atoms with Crippen LogP contribution in [0, 0.1) is 6.92 Å². The Morgan fingerprint density at radius 1 is 1.42 bits per heavy atom. The van der Waals surface area contributed by atoms with Gasteiger partial charge >= 0.3 is 0 Å². The number of ether oxygens (including phenoxy) is 1. The molecular weight excluding hydrogens is 324 g/mol. The predicted molar refractivity (Wildman–Crippen MR) is 83.5 cm³/mol. The number of halogens is 1. The van der Waals surface area contributed by atoms with Crippen LogP contribution in [0.25, 0.3) is 0 Å². The number of hydrazine groups is 1. The maximum Gasteiger partial charge on any atom is 0.133 e. The lowest BCUT2D eigenvalue weighted by atomic mass is 9.99. The van der Waals surface area contributed by atoms with Crippen LogP contribution < -0.4 is 16.0 Å². The van der Waals surface area contributed by atoms with Gasteiger partial charge in [0.2, 0.25) is 0 Å². The molecule has 2 rings (SSSR count). The second kappa shape index (κ2) is 6.52. The fourth-order valence-corrected chi connectivity index (χ4v) is 3.55. The summed E-state index contributed by atoms with van der Waals surface area (Å²) in [5.41, 5.74) is 6.65. The molecule has 1 heterocycles. The standard InChI is InChI=1S/C14H17BrN2OS/c1-9-7-19-8-11(9)13(17-16)6-10-3-4-14(18-2)12(15)5-10/h3-5,7-8,13,17H,6,16H2,1-2H3. The molecular formula is C14H17BrN2OS. The quantitative estimate of drug-likeness (QED) is 0.646. The zero-order valence-corrected chi connectivity index (χ0v) is 13.3. The molecule has 0 spiro atoms. The molecule has 0 saturated carbocycles. The van der Waals surface area contributed by atoms with Gasteiger partial charge < -0.3 is 4.74 Å². The number of nitrogens with one attached hydrogen (secondary N) is 1. The minimum Gasteiger partial charge on any atom is -0.496 e. The van der Waals surface area contributed by atoms with Crippen LogP contribution >= 0.6 is 27.3 Å². The third-order valence-corrected chi connectivity index (χ3v) is 4.63. The van der Waals surface area contributed by atoms with Gasteiger partial charge in [0.1, 0.15) is 5.75 Å². The van der Waals surface area contributed by atoms with E-state index in [1.165, 1.54) is 16.7 Å². The molecule has 0 radical (unpaired) electrons. The maximum absolute atomic E-state index is 5.69. The molecule has 1 unspecified atom stereocenters. The molecule has 2 aromatic rings. The van der Waals surface area contributed by atoms with Crippen LogP contribution in [0.1, 0.15) is 22.7 Å². The van der Waals surface area contributed by atoms with E-state index in [1.54, 1.807) is 18.4 Å². The van der Waals surface area contributed by atoms with E-state index < -0.39 is 0 Å². The number of rotatable bonds is 5. The Kier molecular flexibility index (Phi) is 4.99. The van der Waals surface area contributed by atoms with E-state index in [1.807, 2.05) is 6.07 Å². The summed E-state index contributed by atoms with van der Waals surface area (Å²) >= 11 is 5.21. The molecule has 0 saturated heterocycles. The van der Waals surface area contributed by atoms with Crippen LogP contribution in [-0.2, 0) is 6.42 Å². The first-order chi connectivity index (χ1) is 9.15. The van der Waals surface area contributed by atoms with Crippen molar-refractivity contribution < 1.29 is 4.74 Å². The molecule has 5 heteroatoms. The van der Waals surface area contributed by atoms with Crippen molar-refractivity contribution in [3.05, 3.63) is 50.1 Å². The fraction of sp³-hybridized carbons (Fsp3) is 0.286. The SMILES string of the molecule is COc1ccc(CC(NN)c2cscc2C)cc1Br. The summed E-state index contributed by atoms with van der Waals surface area (Å²) in [4.78, 5) is 0. The van der Waals surface area contributed by atoms with Crippen LogP contribution in [0.5, 0.6) is 5.75 Å². The van der Waals surface area contributed by atoms with Crippen LogP contribution in [0.15, 0.2) is 33.4 Å². The van der Waals surface area contributed by atoms with Crippen molar-refractivity contribution >= 4 is 27.3 Å². The van der Waals surface area contributed by atoms with E-state index in [2.05, 4.69) is 51.2 Å². The molecule has 3 N–H and O–H groups in total. The average Bonchev–Trinajstić information content (AvgIpc) is 2.82. The average molecular weight is 341 g/mol. The number of nitrogens with two attached hydrogens (primary N) is 1. The third kappa shape index (κ3) is 3.36. The second-order valence-corrected chi connectivity index (χ2v) is 6.00. The number of aryl methyl sites for hydroxylation is 1. The smallest absolute Gasteiger partial charge is 0.133 e. The summed E-state index contributed by atoms with van der Waals surface area (Å²) in [6, 6.07) is 6.24. The second-order valence-electron chi connectivity index (χ2n) is 4.40. The van der Waals surface area contributed by atoms with Crippen molar-refractivity contribution in [3.63, 3.8) is 0 Å². The Bertz CT molecular complexity index is 556. The van der Waals surface area contributed by atoms with E-state index in [-0.39, 0.29) is 6.04 Å². The van der Waals surface area contributed by atoms with Crippen molar-refractivity contribution in [1.29, 1.82) is 0 Å². The van der Waals surface area contributed by atoms with Gasteiger partial charge in [0.05, 0.1) is 17.6 Å². The summed E-state index contributed by atoms with van der Waals surface area (Å²) < 4.78 is 6.20.